The number of aryl methyl sites for hydroxylation is 1. The van der Waals surface area contributed by atoms with E-state index in [1.807, 2.05) is 23.9 Å². The molecule has 2 rings (SSSR count). The van der Waals surface area contributed by atoms with Gasteiger partial charge in [0.25, 0.3) is 0 Å². The van der Waals surface area contributed by atoms with Crippen molar-refractivity contribution in [2.24, 2.45) is 5.73 Å². The van der Waals surface area contributed by atoms with Crippen LogP contribution in [0.1, 0.15) is 21.3 Å². The second-order valence-electron chi connectivity index (χ2n) is 4.13. The molecule has 1 unspecified atom stereocenters. The summed E-state index contributed by atoms with van der Waals surface area (Å²) in [4.78, 5) is 1.40. The van der Waals surface area contributed by atoms with E-state index in [-0.39, 0.29) is 0 Å². The van der Waals surface area contributed by atoms with Gasteiger partial charge in [0.2, 0.25) is 0 Å². The average molecular weight is 298 g/mol. The molecular formula is C14H16ClNS2. The third kappa shape index (κ3) is 3.51. The number of hydrogen-bond acceptors (Lipinski definition) is 3. The first-order chi connectivity index (χ1) is 8.70. The maximum atomic E-state index is 5.89. The van der Waals surface area contributed by atoms with Crippen LogP contribution in [0.25, 0.3) is 0 Å². The van der Waals surface area contributed by atoms with E-state index in [1.54, 1.807) is 11.3 Å². The third-order valence-electron chi connectivity index (χ3n) is 2.77. The Morgan fingerprint density at radius 2 is 2.00 bits per heavy atom. The van der Waals surface area contributed by atoms with E-state index in [9.17, 15) is 0 Å². The van der Waals surface area contributed by atoms with Crippen molar-refractivity contribution in [3.63, 3.8) is 0 Å². The minimum Gasteiger partial charge on any atom is -0.329 e. The Morgan fingerprint density at radius 3 is 2.56 bits per heavy atom. The molecule has 1 atom stereocenters. The molecule has 0 aliphatic rings. The predicted molar refractivity (Wildman–Crippen MR) is 83.6 cm³/mol. The van der Waals surface area contributed by atoms with E-state index < -0.39 is 0 Å². The molecule has 0 aliphatic carbocycles. The maximum absolute atomic E-state index is 5.89. The van der Waals surface area contributed by atoms with Gasteiger partial charge < -0.3 is 5.73 Å². The summed E-state index contributed by atoms with van der Waals surface area (Å²) in [6.45, 7) is 2.83. The van der Waals surface area contributed by atoms with Gasteiger partial charge in [0, 0.05) is 22.2 Å². The molecule has 0 saturated carbocycles. The molecule has 1 heterocycles. The number of halogens is 1. The van der Waals surface area contributed by atoms with Crippen LogP contribution in [0.2, 0.25) is 5.02 Å². The van der Waals surface area contributed by atoms with Crippen LogP contribution in [0, 0.1) is 6.92 Å². The molecular weight excluding hydrogens is 282 g/mol. The van der Waals surface area contributed by atoms with Gasteiger partial charge in [-0.25, -0.2) is 0 Å². The molecule has 18 heavy (non-hydrogen) atoms. The molecule has 0 saturated heterocycles. The molecule has 1 aromatic heterocycles. The highest BCUT2D eigenvalue weighted by atomic mass is 35.5. The summed E-state index contributed by atoms with van der Waals surface area (Å²) in [5.74, 6) is 0.969. The predicted octanol–water partition coefficient (Wildman–Crippen LogP) is 4.64. The number of rotatable bonds is 5. The summed E-state index contributed by atoms with van der Waals surface area (Å²) in [5, 5.41) is 3.31. The van der Waals surface area contributed by atoms with E-state index in [4.69, 9.17) is 17.3 Å². The second kappa shape index (κ2) is 6.62. The van der Waals surface area contributed by atoms with Crippen molar-refractivity contribution in [3.8, 4) is 0 Å². The molecule has 4 heteroatoms. The zero-order valence-electron chi connectivity index (χ0n) is 10.2. The van der Waals surface area contributed by atoms with Gasteiger partial charge in [-0.1, -0.05) is 23.7 Å². The first kappa shape index (κ1) is 13.9. The lowest BCUT2D eigenvalue weighted by atomic mass is 10.2. The van der Waals surface area contributed by atoms with E-state index in [1.165, 1.54) is 16.0 Å². The van der Waals surface area contributed by atoms with Gasteiger partial charge in [0.1, 0.15) is 0 Å². The van der Waals surface area contributed by atoms with E-state index in [0.29, 0.717) is 11.8 Å². The highest BCUT2D eigenvalue weighted by Gasteiger charge is 2.14. The molecule has 2 aromatic rings. The van der Waals surface area contributed by atoms with Crippen LogP contribution in [0.15, 0.2) is 35.7 Å². The second-order valence-corrected chi connectivity index (χ2v) is 6.70. The Kier molecular flexibility index (Phi) is 5.13. The van der Waals surface area contributed by atoms with Gasteiger partial charge in [0.05, 0.1) is 5.25 Å². The van der Waals surface area contributed by atoms with E-state index >= 15 is 0 Å². The van der Waals surface area contributed by atoms with Crippen LogP contribution in [0.3, 0.4) is 0 Å². The van der Waals surface area contributed by atoms with Crippen LogP contribution in [-0.2, 0) is 5.75 Å². The summed E-state index contributed by atoms with van der Waals surface area (Å²) in [6.07, 6.45) is 0. The highest BCUT2D eigenvalue weighted by molar-refractivity contribution is 7.98. The van der Waals surface area contributed by atoms with Gasteiger partial charge in [-0.15, -0.1) is 23.1 Å². The van der Waals surface area contributed by atoms with Crippen LogP contribution in [0.4, 0.5) is 0 Å². The standard InChI is InChI=1S/C14H16ClNS2/c1-10-6-7-17-14(10)13(8-16)18-9-11-2-4-12(15)5-3-11/h2-7,13H,8-9,16H2,1H3. The third-order valence-corrected chi connectivity index (χ3v) is 5.64. The van der Waals surface area contributed by atoms with Gasteiger partial charge in [-0.05, 0) is 41.6 Å². The largest absolute Gasteiger partial charge is 0.329 e. The lowest BCUT2D eigenvalue weighted by Crippen LogP contribution is -2.09. The normalized spacial score (nSPS) is 12.6. The number of thioether (sulfide) groups is 1. The Hall–Kier alpha value is -0.480. The summed E-state index contributed by atoms with van der Waals surface area (Å²) in [5.41, 5.74) is 8.52. The molecule has 1 aromatic carbocycles. The number of benzene rings is 1. The van der Waals surface area contributed by atoms with Crippen molar-refractivity contribution in [1.82, 2.24) is 0 Å². The summed E-state index contributed by atoms with van der Waals surface area (Å²) >= 11 is 9.57. The fraction of sp³-hybridized carbons (Fsp3) is 0.286. The fourth-order valence-electron chi connectivity index (χ4n) is 1.74. The van der Waals surface area contributed by atoms with Crippen molar-refractivity contribution < 1.29 is 0 Å². The van der Waals surface area contributed by atoms with E-state index in [0.717, 1.165) is 10.8 Å². The molecule has 0 radical (unpaired) electrons. The molecule has 0 amide bonds. The quantitative estimate of drug-likeness (QED) is 0.870. The number of hydrogen-bond donors (Lipinski definition) is 1. The van der Waals surface area contributed by atoms with Gasteiger partial charge >= 0.3 is 0 Å². The number of thiophene rings is 1. The first-order valence-corrected chi connectivity index (χ1v) is 8.11. The summed E-state index contributed by atoms with van der Waals surface area (Å²) in [6, 6.07) is 10.2. The van der Waals surface area contributed by atoms with Crippen molar-refractivity contribution in [2.45, 2.75) is 17.9 Å². The SMILES string of the molecule is Cc1ccsc1C(CN)SCc1ccc(Cl)cc1. The lowest BCUT2D eigenvalue weighted by molar-refractivity contribution is 0.952. The minimum absolute atomic E-state index is 0.390. The molecule has 0 spiro atoms. The molecule has 2 N–H and O–H groups in total. The maximum Gasteiger partial charge on any atom is 0.0519 e. The van der Waals surface area contributed by atoms with Gasteiger partial charge in [-0.2, -0.15) is 0 Å². The van der Waals surface area contributed by atoms with Crippen LogP contribution < -0.4 is 5.73 Å². The minimum atomic E-state index is 0.390. The Morgan fingerprint density at radius 1 is 1.28 bits per heavy atom. The first-order valence-electron chi connectivity index (χ1n) is 5.81. The van der Waals surface area contributed by atoms with Gasteiger partial charge in [-0.3, -0.25) is 0 Å². The van der Waals surface area contributed by atoms with Crippen LogP contribution in [0.5, 0.6) is 0 Å². The Bertz CT molecular complexity index is 493. The fourth-order valence-corrected chi connectivity index (χ4v) is 4.22. The number of nitrogens with two attached hydrogens (primary N) is 1. The molecule has 0 aliphatic heterocycles. The Balaban J connectivity index is 2.00. The molecule has 0 fully saturated rings. The molecule has 96 valence electrons. The van der Waals surface area contributed by atoms with Crippen LogP contribution in [-0.4, -0.2) is 6.54 Å². The van der Waals surface area contributed by atoms with Crippen molar-refractivity contribution in [1.29, 1.82) is 0 Å². The van der Waals surface area contributed by atoms with Crippen LogP contribution >= 0.6 is 34.7 Å². The summed E-state index contributed by atoms with van der Waals surface area (Å²) in [7, 11) is 0. The van der Waals surface area contributed by atoms with Crippen molar-refractivity contribution in [3.05, 3.63) is 56.7 Å². The average Bonchev–Trinajstić information content (AvgIpc) is 2.79. The highest BCUT2D eigenvalue weighted by Crippen LogP contribution is 2.35. The molecule has 0 bridgehead atoms. The topological polar surface area (TPSA) is 26.0 Å². The monoisotopic (exact) mass is 297 g/mol. The zero-order valence-corrected chi connectivity index (χ0v) is 12.6. The molecule has 1 nitrogen and oxygen atoms in total. The smallest absolute Gasteiger partial charge is 0.0519 e. The van der Waals surface area contributed by atoms with E-state index in [2.05, 4.69) is 30.5 Å². The van der Waals surface area contributed by atoms with Crippen molar-refractivity contribution >= 4 is 34.7 Å². The van der Waals surface area contributed by atoms with Crippen molar-refractivity contribution in [2.75, 3.05) is 6.54 Å². The Labute approximate surface area is 121 Å². The summed E-state index contributed by atoms with van der Waals surface area (Å²) < 4.78 is 0. The van der Waals surface area contributed by atoms with Gasteiger partial charge in [0.15, 0.2) is 0 Å². The zero-order chi connectivity index (χ0) is 13.0. The lowest BCUT2D eigenvalue weighted by Gasteiger charge is -2.14.